The van der Waals surface area contributed by atoms with Gasteiger partial charge in [0.2, 0.25) is 0 Å². The Hall–Kier alpha value is -4.18. The van der Waals surface area contributed by atoms with Crippen molar-refractivity contribution in [3.63, 3.8) is 0 Å². The monoisotopic (exact) mass is 624 g/mol. The fourth-order valence-corrected chi connectivity index (χ4v) is 6.94. The van der Waals surface area contributed by atoms with Gasteiger partial charge in [-0.15, -0.1) is 0 Å². The average molecular weight is 625 g/mol. The van der Waals surface area contributed by atoms with Gasteiger partial charge in [-0.2, -0.15) is 5.10 Å². The number of carboxylic acids is 1. The van der Waals surface area contributed by atoms with E-state index >= 15 is 0 Å². The maximum atomic E-state index is 14.0. The number of carboxylic acid groups (broad SMARTS) is 1. The molecule has 228 valence electrons. The van der Waals surface area contributed by atoms with Crippen LogP contribution in [0, 0.1) is 0 Å². The minimum atomic E-state index is -0.988. The number of Topliss-reactive ketones (excluding diaryl/α,β-unsaturated/α-hetero) is 1. The van der Waals surface area contributed by atoms with Crippen LogP contribution in [-0.4, -0.2) is 90.3 Å². The van der Waals surface area contributed by atoms with E-state index in [4.69, 9.17) is 4.74 Å². The molecule has 1 aliphatic carbocycles. The van der Waals surface area contributed by atoms with E-state index in [-0.39, 0.29) is 53.2 Å². The van der Waals surface area contributed by atoms with Crippen LogP contribution in [0.25, 0.3) is 33.2 Å². The van der Waals surface area contributed by atoms with Crippen LogP contribution in [0.1, 0.15) is 69.2 Å². The normalized spacial score (nSPS) is 17.0. The van der Waals surface area contributed by atoms with Crippen LogP contribution in [0.15, 0.2) is 79.3 Å². The molecule has 3 aliphatic rings. The van der Waals surface area contributed by atoms with Crippen LogP contribution < -0.4 is 4.74 Å². The van der Waals surface area contributed by atoms with E-state index in [1.165, 1.54) is 0 Å². The van der Waals surface area contributed by atoms with Crippen molar-refractivity contribution < 1.29 is 24.2 Å². The summed E-state index contributed by atoms with van der Waals surface area (Å²) in [6.45, 7) is 0.946. The summed E-state index contributed by atoms with van der Waals surface area (Å²) < 4.78 is 10.5. The number of nitrogens with zero attached hydrogens (tertiary/aromatic N) is 4. The van der Waals surface area contributed by atoms with Crippen molar-refractivity contribution in [2.24, 2.45) is 7.05 Å². The zero-order valence-electron chi connectivity index (χ0n) is 24.9. The number of piperidine rings is 1. The number of aromatic nitrogens is 3. The van der Waals surface area contributed by atoms with Gasteiger partial charge in [-0.25, -0.2) is 4.79 Å². The Bertz CT molecular complexity index is 2030. The van der Waals surface area contributed by atoms with Crippen LogP contribution in [-0.2, 0) is 7.05 Å². The number of carbonyl (C=O) groups excluding carboxylic acids is 2. The molecule has 4 heterocycles. The molecule has 0 atom stereocenters. The molecule has 1 saturated carbocycles. The standard InChI is InChI=1S/C36H32N4O5.Na.H/c1-38-21-26(20-37-38)22-5-8-33-30(16-22)32(41)19-36(45-33)10-13-39(14-11-36)34(42)25-17-29(23-3-2-4-24(15-23)35(43)44)28-9-12-40(27-6-7-27)31(28)18-25;;/h2-5,8-9,12,15-18,20-21,27H,6-7,10-11,13-14,19H2,1H3,(H,43,44);;. The van der Waals surface area contributed by atoms with Crippen molar-refractivity contribution in [2.75, 3.05) is 13.1 Å². The molecule has 3 aromatic carbocycles. The molecule has 46 heavy (non-hydrogen) atoms. The molecule has 0 radical (unpaired) electrons. The summed E-state index contributed by atoms with van der Waals surface area (Å²) in [5, 5.41) is 14.8. The summed E-state index contributed by atoms with van der Waals surface area (Å²) in [6.07, 6.45) is 9.37. The number of rotatable bonds is 5. The summed E-state index contributed by atoms with van der Waals surface area (Å²) in [5.74, 6) is -0.410. The molecule has 0 unspecified atom stereocenters. The number of likely N-dealkylation sites (tertiary alicyclic amines) is 1. The molecule has 2 fully saturated rings. The number of ketones is 1. The van der Waals surface area contributed by atoms with Crippen LogP contribution in [0.2, 0.25) is 0 Å². The predicted molar refractivity (Wildman–Crippen MR) is 176 cm³/mol. The molecule has 1 saturated heterocycles. The first kappa shape index (κ1) is 30.5. The van der Waals surface area contributed by atoms with Crippen molar-refractivity contribution in [2.45, 2.75) is 43.7 Å². The third-order valence-electron chi connectivity index (χ3n) is 9.54. The van der Waals surface area contributed by atoms with Gasteiger partial charge in [-0.3, -0.25) is 14.3 Å². The summed E-state index contributed by atoms with van der Waals surface area (Å²) in [6, 6.07) is 18.9. The topological polar surface area (TPSA) is 107 Å². The van der Waals surface area contributed by atoms with Crippen molar-refractivity contribution in [1.29, 1.82) is 0 Å². The van der Waals surface area contributed by atoms with Gasteiger partial charge >= 0.3 is 35.5 Å². The fourth-order valence-electron chi connectivity index (χ4n) is 6.94. The molecule has 2 aromatic heterocycles. The zero-order chi connectivity index (χ0) is 30.9. The van der Waals surface area contributed by atoms with Gasteiger partial charge < -0.3 is 19.3 Å². The maximum absolute atomic E-state index is 14.0. The summed E-state index contributed by atoms with van der Waals surface area (Å²) in [4.78, 5) is 41.0. The number of aromatic carboxylic acids is 1. The summed E-state index contributed by atoms with van der Waals surface area (Å²) >= 11 is 0. The number of benzene rings is 3. The molecular weight excluding hydrogens is 591 g/mol. The number of ether oxygens (including phenoxy) is 1. The fraction of sp³-hybridized carbons (Fsp3) is 0.278. The molecule has 1 N–H and O–H groups in total. The molecule has 10 heteroatoms. The van der Waals surface area contributed by atoms with E-state index in [1.54, 1.807) is 29.1 Å². The molecule has 9 nitrogen and oxygen atoms in total. The van der Waals surface area contributed by atoms with E-state index in [0.717, 1.165) is 46.0 Å². The van der Waals surface area contributed by atoms with Gasteiger partial charge in [0.25, 0.3) is 5.91 Å². The molecule has 5 aromatic rings. The van der Waals surface area contributed by atoms with Crippen molar-refractivity contribution in [3.8, 4) is 28.0 Å². The third-order valence-corrected chi connectivity index (χ3v) is 9.54. The number of fused-ring (bicyclic) bond motifs is 2. The van der Waals surface area contributed by atoms with Gasteiger partial charge in [0.1, 0.15) is 11.4 Å². The molecular formula is C36H33N4NaO5. The van der Waals surface area contributed by atoms with Crippen molar-refractivity contribution in [1.82, 2.24) is 19.2 Å². The van der Waals surface area contributed by atoms with E-state index in [1.807, 2.05) is 54.5 Å². The van der Waals surface area contributed by atoms with E-state index in [9.17, 15) is 19.5 Å². The second-order valence-corrected chi connectivity index (χ2v) is 12.6. The van der Waals surface area contributed by atoms with Gasteiger partial charge in [0.05, 0.1) is 23.7 Å². The molecule has 1 spiro atoms. The van der Waals surface area contributed by atoms with Crippen molar-refractivity contribution >= 4 is 58.1 Å². The van der Waals surface area contributed by atoms with Gasteiger partial charge in [0.15, 0.2) is 5.78 Å². The molecule has 1 amide bonds. The van der Waals surface area contributed by atoms with Crippen LogP contribution in [0.3, 0.4) is 0 Å². The Labute approximate surface area is 288 Å². The van der Waals surface area contributed by atoms with Crippen molar-refractivity contribution in [3.05, 3.63) is 95.9 Å². The number of hydrogen-bond donors (Lipinski definition) is 1. The molecule has 8 rings (SSSR count). The van der Waals surface area contributed by atoms with Gasteiger partial charge in [0, 0.05) is 73.4 Å². The Kier molecular flexibility index (Phi) is 7.66. The Balaban J connectivity index is 0.00000338. The third kappa shape index (κ3) is 5.36. The number of amides is 1. The number of aryl methyl sites for hydroxylation is 1. The SMILES string of the molecule is Cn1cc(-c2ccc3c(c2)C(=O)CC2(CCN(C(=O)c4cc(-c5cccc(C(=O)O)c5)c5ccn(C6CC6)c5c4)CC2)O3)cn1.[NaH]. The number of carbonyl (C=O) groups is 3. The first-order valence-electron chi connectivity index (χ1n) is 15.4. The molecule has 2 aliphatic heterocycles. The first-order chi connectivity index (χ1) is 21.8. The molecule has 0 bridgehead atoms. The van der Waals surface area contributed by atoms with Crippen LogP contribution in [0.4, 0.5) is 0 Å². The average Bonchev–Trinajstić information content (AvgIpc) is 3.65. The van der Waals surface area contributed by atoms with E-state index < -0.39 is 11.6 Å². The van der Waals surface area contributed by atoms with E-state index in [0.29, 0.717) is 48.8 Å². The quantitative estimate of drug-likeness (QED) is 0.250. The second-order valence-electron chi connectivity index (χ2n) is 12.6. The first-order valence-corrected chi connectivity index (χ1v) is 15.4. The minimum absolute atomic E-state index is 0. The Morgan fingerprint density at radius 2 is 1.74 bits per heavy atom. The Morgan fingerprint density at radius 1 is 0.935 bits per heavy atom. The summed E-state index contributed by atoms with van der Waals surface area (Å²) in [5.41, 5.74) is 5.19. The second kappa shape index (κ2) is 11.6. The van der Waals surface area contributed by atoms with Gasteiger partial charge in [-0.1, -0.05) is 18.2 Å². The predicted octanol–water partition coefficient (Wildman–Crippen LogP) is 5.73. The van der Waals surface area contributed by atoms with E-state index in [2.05, 4.69) is 21.9 Å². The zero-order valence-corrected chi connectivity index (χ0v) is 24.9. The van der Waals surface area contributed by atoms with Crippen LogP contribution in [0.5, 0.6) is 5.75 Å². The Morgan fingerprint density at radius 3 is 2.46 bits per heavy atom. The van der Waals surface area contributed by atoms with Crippen LogP contribution >= 0.6 is 0 Å². The number of hydrogen-bond acceptors (Lipinski definition) is 5. The van der Waals surface area contributed by atoms with Gasteiger partial charge in [-0.05, 0) is 72.0 Å². The summed E-state index contributed by atoms with van der Waals surface area (Å²) in [7, 11) is 1.86.